The highest BCUT2D eigenvalue weighted by Gasteiger charge is 2.27. The number of fused-ring (bicyclic) bond motifs is 2. The van der Waals surface area contributed by atoms with Gasteiger partial charge in [0.25, 0.3) is 0 Å². The molecule has 0 aliphatic heterocycles. The van der Waals surface area contributed by atoms with Crippen molar-refractivity contribution >= 4 is 43.3 Å². The lowest BCUT2D eigenvalue weighted by Crippen LogP contribution is -2.39. The van der Waals surface area contributed by atoms with Crippen LogP contribution in [-0.4, -0.2) is 42.2 Å². The van der Waals surface area contributed by atoms with Crippen molar-refractivity contribution in [1.82, 2.24) is 14.2 Å². The van der Waals surface area contributed by atoms with E-state index >= 15 is 0 Å². The van der Waals surface area contributed by atoms with Crippen molar-refractivity contribution in [2.24, 2.45) is 5.92 Å². The maximum Gasteiger partial charge on any atom is 0.243 e. The highest BCUT2D eigenvalue weighted by molar-refractivity contribution is 7.89. The summed E-state index contributed by atoms with van der Waals surface area (Å²) in [5, 5.41) is 4.69. The number of aryl methyl sites for hydroxylation is 1. The zero-order valence-corrected chi connectivity index (χ0v) is 22.9. The molecule has 5 aromatic rings. The van der Waals surface area contributed by atoms with Gasteiger partial charge >= 0.3 is 0 Å². The molecular formula is C28H31N3O4S2. The lowest BCUT2D eigenvalue weighted by molar-refractivity contribution is 0.216. The third kappa shape index (κ3) is 5.96. The number of hydrogen-bond acceptors (Lipinski definition) is 7. The molecule has 0 saturated carbocycles. The summed E-state index contributed by atoms with van der Waals surface area (Å²) in [6, 6.07) is 15.0. The molecule has 3 heterocycles. The van der Waals surface area contributed by atoms with Gasteiger partial charge in [0.15, 0.2) is 0 Å². The van der Waals surface area contributed by atoms with Gasteiger partial charge in [0.2, 0.25) is 10.0 Å². The van der Waals surface area contributed by atoms with E-state index < -0.39 is 10.0 Å². The predicted octanol–water partition coefficient (Wildman–Crippen LogP) is 6.29. The van der Waals surface area contributed by atoms with Gasteiger partial charge in [-0.2, -0.15) is 4.31 Å². The van der Waals surface area contributed by atoms with Crippen LogP contribution in [0.1, 0.15) is 30.1 Å². The van der Waals surface area contributed by atoms with Crippen LogP contribution < -0.4 is 0 Å². The number of benzene rings is 2. The minimum atomic E-state index is -3.76. The van der Waals surface area contributed by atoms with Gasteiger partial charge < -0.3 is 8.83 Å². The molecule has 0 aliphatic rings. The Kier molecular flexibility index (Phi) is 7.48. The van der Waals surface area contributed by atoms with Crippen molar-refractivity contribution in [3.8, 4) is 0 Å². The van der Waals surface area contributed by atoms with Crippen molar-refractivity contribution < 1.29 is 17.3 Å². The van der Waals surface area contributed by atoms with E-state index in [1.165, 1.54) is 16.9 Å². The SMILES string of the molecule is Cc1nc(CN(CCN(Cc2ccc3occc3c2)CC(C)C)S(=O)(=O)c2ccc3occc3c2)cs1. The summed E-state index contributed by atoms with van der Waals surface area (Å²) in [5.41, 5.74) is 3.46. The zero-order chi connectivity index (χ0) is 26.0. The van der Waals surface area contributed by atoms with Crippen molar-refractivity contribution in [3.05, 3.63) is 82.7 Å². The van der Waals surface area contributed by atoms with E-state index in [-0.39, 0.29) is 11.4 Å². The Morgan fingerprint density at radius 3 is 2.30 bits per heavy atom. The summed E-state index contributed by atoms with van der Waals surface area (Å²) in [4.78, 5) is 7.12. The first kappa shape index (κ1) is 25.7. The average Bonchev–Trinajstić information content (AvgIpc) is 3.61. The summed E-state index contributed by atoms with van der Waals surface area (Å²) in [5.74, 6) is 0.437. The van der Waals surface area contributed by atoms with Crippen LogP contribution in [0.4, 0.5) is 0 Å². The van der Waals surface area contributed by atoms with Gasteiger partial charge in [-0.3, -0.25) is 4.90 Å². The normalized spacial score (nSPS) is 12.6. The van der Waals surface area contributed by atoms with Gasteiger partial charge in [0, 0.05) is 42.3 Å². The Hall–Kier alpha value is -2.98. The first-order chi connectivity index (χ1) is 17.8. The number of thiazole rings is 1. The molecule has 0 unspecified atom stereocenters. The summed E-state index contributed by atoms with van der Waals surface area (Å²) in [7, 11) is -3.76. The van der Waals surface area contributed by atoms with Gasteiger partial charge in [-0.15, -0.1) is 11.3 Å². The van der Waals surface area contributed by atoms with Crippen molar-refractivity contribution in [2.75, 3.05) is 19.6 Å². The summed E-state index contributed by atoms with van der Waals surface area (Å²) in [6.45, 7) is 9.05. The van der Waals surface area contributed by atoms with Gasteiger partial charge in [0.1, 0.15) is 11.2 Å². The van der Waals surface area contributed by atoms with E-state index in [0.29, 0.717) is 24.6 Å². The largest absolute Gasteiger partial charge is 0.464 e. The number of hydrogen-bond donors (Lipinski definition) is 0. The van der Waals surface area contributed by atoms with E-state index in [0.717, 1.165) is 40.1 Å². The number of furan rings is 2. The second-order valence-electron chi connectivity index (χ2n) is 9.74. The van der Waals surface area contributed by atoms with Crippen LogP contribution in [0.3, 0.4) is 0 Å². The monoisotopic (exact) mass is 537 g/mol. The van der Waals surface area contributed by atoms with Gasteiger partial charge in [-0.1, -0.05) is 19.9 Å². The number of sulfonamides is 1. The third-order valence-electron chi connectivity index (χ3n) is 6.28. The van der Waals surface area contributed by atoms with E-state index in [1.807, 2.05) is 24.4 Å². The van der Waals surface area contributed by atoms with Crippen LogP contribution in [0.2, 0.25) is 0 Å². The molecule has 0 fully saturated rings. The van der Waals surface area contributed by atoms with Gasteiger partial charge in [-0.05, 0) is 60.9 Å². The lowest BCUT2D eigenvalue weighted by atomic mass is 10.1. The molecule has 0 atom stereocenters. The quantitative estimate of drug-likeness (QED) is 0.197. The first-order valence-corrected chi connectivity index (χ1v) is 14.7. The Morgan fingerprint density at radius 1 is 0.919 bits per heavy atom. The second kappa shape index (κ2) is 10.8. The Labute approximate surface area is 221 Å². The lowest BCUT2D eigenvalue weighted by Gasteiger charge is -2.28. The molecule has 0 N–H and O–H groups in total. The third-order valence-corrected chi connectivity index (χ3v) is 8.94. The molecular weight excluding hydrogens is 506 g/mol. The highest BCUT2D eigenvalue weighted by Crippen LogP contribution is 2.25. The van der Waals surface area contributed by atoms with E-state index in [9.17, 15) is 8.42 Å². The van der Waals surface area contributed by atoms with Gasteiger partial charge in [0.05, 0.1) is 34.7 Å². The molecule has 9 heteroatoms. The molecule has 0 bridgehead atoms. The smallest absolute Gasteiger partial charge is 0.243 e. The van der Waals surface area contributed by atoms with E-state index in [2.05, 4.69) is 35.9 Å². The first-order valence-electron chi connectivity index (χ1n) is 12.3. The maximum atomic E-state index is 13.9. The molecule has 0 saturated heterocycles. The zero-order valence-electron chi connectivity index (χ0n) is 21.3. The maximum absolute atomic E-state index is 13.9. The van der Waals surface area contributed by atoms with Crippen molar-refractivity contribution in [3.63, 3.8) is 0 Å². The molecule has 37 heavy (non-hydrogen) atoms. The topological polar surface area (TPSA) is 79.8 Å². The van der Waals surface area contributed by atoms with Crippen molar-refractivity contribution in [1.29, 1.82) is 0 Å². The van der Waals surface area contributed by atoms with Crippen LogP contribution in [0.25, 0.3) is 21.9 Å². The average molecular weight is 538 g/mol. The molecule has 0 spiro atoms. The molecule has 0 amide bonds. The summed E-state index contributed by atoms with van der Waals surface area (Å²) in [6.07, 6.45) is 3.27. The Bertz CT molecular complexity index is 1600. The van der Waals surface area contributed by atoms with Crippen LogP contribution in [-0.2, 0) is 23.1 Å². The van der Waals surface area contributed by atoms with Crippen LogP contribution in [0.15, 0.2) is 80.2 Å². The minimum Gasteiger partial charge on any atom is -0.464 e. The van der Waals surface area contributed by atoms with Gasteiger partial charge in [-0.25, -0.2) is 13.4 Å². The number of nitrogens with zero attached hydrogens (tertiary/aromatic N) is 3. The molecule has 2 aromatic carbocycles. The molecule has 3 aromatic heterocycles. The minimum absolute atomic E-state index is 0.229. The fourth-order valence-electron chi connectivity index (χ4n) is 4.58. The Morgan fingerprint density at radius 2 is 1.62 bits per heavy atom. The molecule has 0 aliphatic carbocycles. The van der Waals surface area contributed by atoms with E-state index in [1.54, 1.807) is 41.1 Å². The number of aromatic nitrogens is 1. The Balaban J connectivity index is 1.40. The number of rotatable bonds is 11. The molecule has 0 radical (unpaired) electrons. The molecule has 7 nitrogen and oxygen atoms in total. The fourth-order valence-corrected chi connectivity index (χ4v) is 6.62. The molecule has 194 valence electrons. The standard InChI is InChI=1S/C28H31N3O4S2/c1-20(2)16-30(17-22-4-6-27-23(14-22)8-12-34-27)10-11-31(18-25-19-36-21(3)29-25)37(32,33)26-5-7-28-24(15-26)9-13-35-28/h4-9,12-15,19-20H,10-11,16-18H2,1-3H3. The van der Waals surface area contributed by atoms with Crippen molar-refractivity contribution in [2.45, 2.75) is 38.8 Å². The van der Waals surface area contributed by atoms with Crippen LogP contribution >= 0.6 is 11.3 Å². The second-order valence-corrected chi connectivity index (χ2v) is 12.7. The van der Waals surface area contributed by atoms with Crippen LogP contribution in [0.5, 0.6) is 0 Å². The summed E-state index contributed by atoms with van der Waals surface area (Å²) >= 11 is 1.53. The fraction of sp³-hybridized carbons (Fsp3) is 0.321. The van der Waals surface area contributed by atoms with E-state index in [4.69, 9.17) is 8.83 Å². The van der Waals surface area contributed by atoms with Crippen LogP contribution in [0, 0.1) is 12.8 Å². The molecule has 5 rings (SSSR count). The predicted molar refractivity (Wildman–Crippen MR) is 147 cm³/mol. The summed E-state index contributed by atoms with van der Waals surface area (Å²) < 4.78 is 40.2. The highest BCUT2D eigenvalue weighted by atomic mass is 32.2.